The van der Waals surface area contributed by atoms with Gasteiger partial charge in [-0.1, -0.05) is 32.0 Å². The number of rotatable bonds is 3. The van der Waals surface area contributed by atoms with E-state index in [1.54, 1.807) is 4.90 Å². The summed E-state index contributed by atoms with van der Waals surface area (Å²) in [4.78, 5) is 30.9. The van der Waals surface area contributed by atoms with E-state index in [0.29, 0.717) is 6.54 Å². The van der Waals surface area contributed by atoms with Crippen LogP contribution >= 0.6 is 0 Å². The number of carbonyl (C=O) groups excluding carboxylic acids is 1. The molecule has 120 valence electrons. The van der Waals surface area contributed by atoms with Crippen molar-refractivity contribution in [1.82, 2.24) is 9.55 Å². The van der Waals surface area contributed by atoms with Crippen LogP contribution in [0.1, 0.15) is 37.4 Å². The van der Waals surface area contributed by atoms with Crippen LogP contribution in [0.25, 0.3) is 0 Å². The van der Waals surface area contributed by atoms with Gasteiger partial charge in [0, 0.05) is 18.3 Å². The molecule has 0 spiro atoms. The van der Waals surface area contributed by atoms with Gasteiger partial charge in [0.1, 0.15) is 6.54 Å². The van der Waals surface area contributed by atoms with Crippen LogP contribution in [0.15, 0.2) is 41.5 Å². The van der Waals surface area contributed by atoms with Crippen molar-refractivity contribution in [3.63, 3.8) is 0 Å². The molecule has 0 bridgehead atoms. The fourth-order valence-corrected chi connectivity index (χ4v) is 2.90. The van der Waals surface area contributed by atoms with Gasteiger partial charge in [0.05, 0.1) is 12.0 Å². The molecule has 5 heteroatoms. The minimum atomic E-state index is -0.178. The lowest BCUT2D eigenvalue weighted by atomic mass is 10.0. The highest BCUT2D eigenvalue weighted by Gasteiger charge is 2.22. The van der Waals surface area contributed by atoms with Gasteiger partial charge in [-0.25, -0.2) is 4.98 Å². The Morgan fingerprint density at radius 3 is 2.83 bits per heavy atom. The molecular formula is C18H21N3O2. The molecule has 2 aromatic rings. The molecule has 1 aliphatic heterocycles. The molecular weight excluding hydrogens is 290 g/mol. The van der Waals surface area contributed by atoms with E-state index >= 15 is 0 Å². The van der Waals surface area contributed by atoms with Gasteiger partial charge in [-0.15, -0.1) is 0 Å². The minimum absolute atomic E-state index is 0.0263. The zero-order valence-electron chi connectivity index (χ0n) is 13.5. The lowest BCUT2D eigenvalue weighted by Gasteiger charge is -2.29. The van der Waals surface area contributed by atoms with Gasteiger partial charge >= 0.3 is 0 Å². The SMILES string of the molecule is CC(C)c1cc(=O)n(CC(=O)N2CCCc3ccccc32)cn1. The Kier molecular flexibility index (Phi) is 4.28. The lowest BCUT2D eigenvalue weighted by molar-refractivity contribution is -0.119. The number of hydrogen-bond acceptors (Lipinski definition) is 3. The van der Waals surface area contributed by atoms with E-state index in [0.717, 1.165) is 24.2 Å². The number of anilines is 1. The Labute approximate surface area is 135 Å². The molecule has 1 aromatic heterocycles. The van der Waals surface area contributed by atoms with Gasteiger partial charge < -0.3 is 4.90 Å². The van der Waals surface area contributed by atoms with Crippen molar-refractivity contribution in [3.8, 4) is 0 Å². The maximum Gasteiger partial charge on any atom is 0.254 e. The third-order valence-corrected chi connectivity index (χ3v) is 4.21. The predicted octanol–water partition coefficient (Wildman–Crippen LogP) is 2.35. The molecule has 0 N–H and O–H groups in total. The van der Waals surface area contributed by atoms with Crippen molar-refractivity contribution >= 4 is 11.6 Å². The molecule has 1 aliphatic rings. The molecule has 0 radical (unpaired) electrons. The van der Waals surface area contributed by atoms with E-state index < -0.39 is 0 Å². The van der Waals surface area contributed by atoms with E-state index in [-0.39, 0.29) is 23.9 Å². The van der Waals surface area contributed by atoms with Crippen molar-refractivity contribution in [3.05, 3.63) is 58.3 Å². The van der Waals surface area contributed by atoms with Gasteiger partial charge in [0.25, 0.3) is 5.56 Å². The molecule has 0 atom stereocenters. The highest BCUT2D eigenvalue weighted by Crippen LogP contribution is 2.26. The number of aromatic nitrogens is 2. The first kappa shape index (κ1) is 15.5. The van der Waals surface area contributed by atoms with Crippen LogP contribution in [-0.2, 0) is 17.8 Å². The first-order valence-corrected chi connectivity index (χ1v) is 8.01. The Morgan fingerprint density at radius 2 is 2.09 bits per heavy atom. The molecule has 2 heterocycles. The molecule has 3 rings (SSSR count). The Bertz CT molecular complexity index is 780. The topological polar surface area (TPSA) is 55.2 Å². The Morgan fingerprint density at radius 1 is 1.30 bits per heavy atom. The molecule has 1 aromatic carbocycles. The first-order valence-electron chi connectivity index (χ1n) is 8.01. The van der Waals surface area contributed by atoms with Gasteiger partial charge in [-0.05, 0) is 30.4 Å². The maximum absolute atomic E-state index is 12.6. The van der Waals surface area contributed by atoms with Crippen LogP contribution in [0.3, 0.4) is 0 Å². The van der Waals surface area contributed by atoms with Gasteiger partial charge in [-0.2, -0.15) is 0 Å². The fraction of sp³-hybridized carbons (Fsp3) is 0.389. The Hall–Kier alpha value is -2.43. The van der Waals surface area contributed by atoms with Crippen LogP contribution in [-0.4, -0.2) is 22.0 Å². The number of hydrogen-bond donors (Lipinski definition) is 0. The summed E-state index contributed by atoms with van der Waals surface area (Å²) in [5, 5.41) is 0. The zero-order chi connectivity index (χ0) is 16.4. The monoisotopic (exact) mass is 311 g/mol. The van der Waals surface area contributed by atoms with Gasteiger partial charge in [0.15, 0.2) is 0 Å². The summed E-state index contributed by atoms with van der Waals surface area (Å²) in [6, 6.07) is 9.47. The van der Waals surface area contributed by atoms with Crippen molar-refractivity contribution < 1.29 is 4.79 Å². The molecule has 0 saturated carbocycles. The minimum Gasteiger partial charge on any atom is -0.311 e. The van der Waals surface area contributed by atoms with Crippen molar-refractivity contribution in [2.45, 2.75) is 39.2 Å². The number of benzene rings is 1. The van der Waals surface area contributed by atoms with Crippen LogP contribution in [0, 0.1) is 0 Å². The number of amides is 1. The van der Waals surface area contributed by atoms with E-state index in [1.807, 2.05) is 32.0 Å². The normalized spacial score (nSPS) is 14.0. The molecule has 0 unspecified atom stereocenters. The predicted molar refractivity (Wildman–Crippen MR) is 89.7 cm³/mol. The van der Waals surface area contributed by atoms with Crippen molar-refractivity contribution in [2.24, 2.45) is 0 Å². The van der Waals surface area contributed by atoms with E-state index in [4.69, 9.17) is 0 Å². The summed E-state index contributed by atoms with van der Waals surface area (Å²) in [5.74, 6) is 0.125. The van der Waals surface area contributed by atoms with Crippen LogP contribution < -0.4 is 10.5 Å². The smallest absolute Gasteiger partial charge is 0.254 e. The zero-order valence-corrected chi connectivity index (χ0v) is 13.5. The molecule has 5 nitrogen and oxygen atoms in total. The van der Waals surface area contributed by atoms with E-state index in [1.165, 1.54) is 22.5 Å². The molecule has 1 amide bonds. The van der Waals surface area contributed by atoms with Gasteiger partial charge in [-0.3, -0.25) is 14.2 Å². The van der Waals surface area contributed by atoms with Crippen LogP contribution in [0.2, 0.25) is 0 Å². The second-order valence-electron chi connectivity index (χ2n) is 6.21. The standard InChI is InChI=1S/C18H21N3O2/c1-13(2)15-10-17(22)20(12-19-15)11-18(23)21-9-5-7-14-6-3-4-8-16(14)21/h3-4,6,8,10,12-13H,5,7,9,11H2,1-2H3. The van der Waals surface area contributed by atoms with Crippen LogP contribution in [0.5, 0.6) is 0 Å². The summed E-state index contributed by atoms with van der Waals surface area (Å²) < 4.78 is 1.38. The number of para-hydroxylation sites is 1. The number of aryl methyl sites for hydroxylation is 1. The molecule has 23 heavy (non-hydrogen) atoms. The fourth-order valence-electron chi connectivity index (χ4n) is 2.90. The summed E-state index contributed by atoms with van der Waals surface area (Å²) in [7, 11) is 0. The van der Waals surface area contributed by atoms with E-state index in [2.05, 4.69) is 11.1 Å². The summed E-state index contributed by atoms with van der Waals surface area (Å²) >= 11 is 0. The number of fused-ring (bicyclic) bond motifs is 1. The van der Waals surface area contributed by atoms with Crippen molar-refractivity contribution in [2.75, 3.05) is 11.4 Å². The average Bonchev–Trinajstić information content (AvgIpc) is 2.56. The number of carbonyl (C=O) groups is 1. The summed E-state index contributed by atoms with van der Waals surface area (Å²) in [5.41, 5.74) is 2.72. The Balaban J connectivity index is 1.82. The van der Waals surface area contributed by atoms with E-state index in [9.17, 15) is 9.59 Å². The highest BCUT2D eigenvalue weighted by atomic mass is 16.2. The first-order chi connectivity index (χ1) is 11.1. The molecule has 0 saturated heterocycles. The third-order valence-electron chi connectivity index (χ3n) is 4.21. The summed E-state index contributed by atoms with van der Waals surface area (Å²) in [6.07, 6.45) is 3.41. The second-order valence-corrected chi connectivity index (χ2v) is 6.21. The van der Waals surface area contributed by atoms with Gasteiger partial charge in [0.2, 0.25) is 5.91 Å². The number of nitrogens with zero attached hydrogens (tertiary/aromatic N) is 3. The summed E-state index contributed by atoms with van der Waals surface area (Å²) in [6.45, 7) is 4.70. The molecule has 0 fully saturated rings. The largest absolute Gasteiger partial charge is 0.311 e. The highest BCUT2D eigenvalue weighted by molar-refractivity contribution is 5.94. The quantitative estimate of drug-likeness (QED) is 0.874. The average molecular weight is 311 g/mol. The molecule has 0 aliphatic carbocycles. The second kappa shape index (κ2) is 6.36. The lowest BCUT2D eigenvalue weighted by Crippen LogP contribution is -2.39. The third kappa shape index (κ3) is 3.18. The van der Waals surface area contributed by atoms with Crippen LogP contribution in [0.4, 0.5) is 5.69 Å². The van der Waals surface area contributed by atoms with Crippen molar-refractivity contribution in [1.29, 1.82) is 0 Å². The maximum atomic E-state index is 12.6.